The number of aliphatic hydroxyl groups excluding tert-OH is 1. The number of hydrogen-bond donors (Lipinski definition) is 2. The van der Waals surface area contributed by atoms with Crippen LogP contribution in [0.1, 0.15) is 0 Å². The molecule has 2 rings (SSSR count). The third kappa shape index (κ3) is 6.05. The summed E-state index contributed by atoms with van der Waals surface area (Å²) in [5, 5.41) is 8.94. The van der Waals surface area contributed by atoms with Crippen LogP contribution in [0.4, 0.5) is 5.69 Å². The number of rotatable bonds is 9. The van der Waals surface area contributed by atoms with Crippen LogP contribution in [0.15, 0.2) is 47.4 Å². The van der Waals surface area contributed by atoms with Gasteiger partial charge in [-0.2, -0.15) is 0 Å². The number of hydrogen-bond acceptors (Lipinski definition) is 5. The maximum absolute atomic E-state index is 12.4. The number of benzene rings is 2. The van der Waals surface area contributed by atoms with Crippen molar-refractivity contribution < 1.29 is 23.0 Å². The van der Waals surface area contributed by atoms with Crippen molar-refractivity contribution in [3.8, 4) is 5.75 Å². The standard InChI is InChI=1S/C16H17Cl2NO5S/c17-12-1-6-15(18)16(11-12)25(21,22)19-13-2-4-14(5-3-13)24-10-9-23-8-7-20/h1-6,11,19-20H,7-10H2. The lowest BCUT2D eigenvalue weighted by Gasteiger charge is -2.11. The first-order chi connectivity index (χ1) is 11.9. The van der Waals surface area contributed by atoms with E-state index in [9.17, 15) is 8.42 Å². The normalized spacial score (nSPS) is 11.3. The van der Waals surface area contributed by atoms with Gasteiger partial charge in [0.15, 0.2) is 0 Å². The van der Waals surface area contributed by atoms with Crippen molar-refractivity contribution in [1.29, 1.82) is 0 Å². The molecule has 6 nitrogen and oxygen atoms in total. The van der Waals surface area contributed by atoms with Gasteiger partial charge >= 0.3 is 0 Å². The summed E-state index contributed by atoms with van der Waals surface area (Å²) in [6, 6.07) is 10.6. The van der Waals surface area contributed by atoms with Crippen LogP contribution in [-0.2, 0) is 14.8 Å². The summed E-state index contributed by atoms with van der Waals surface area (Å²) in [4.78, 5) is -0.0944. The van der Waals surface area contributed by atoms with E-state index < -0.39 is 10.0 Å². The average Bonchev–Trinajstić information content (AvgIpc) is 2.58. The summed E-state index contributed by atoms with van der Waals surface area (Å²) < 4.78 is 37.8. The van der Waals surface area contributed by atoms with Gasteiger partial charge in [0.05, 0.1) is 24.8 Å². The number of halogens is 2. The summed E-state index contributed by atoms with van der Waals surface area (Å²) in [6.45, 7) is 0.896. The fourth-order valence-electron chi connectivity index (χ4n) is 1.90. The highest BCUT2D eigenvalue weighted by molar-refractivity contribution is 7.92. The van der Waals surface area contributed by atoms with Gasteiger partial charge in [-0.1, -0.05) is 23.2 Å². The molecule has 0 aliphatic rings. The maximum atomic E-state index is 12.4. The smallest absolute Gasteiger partial charge is 0.263 e. The Bertz CT molecular complexity index is 797. The predicted octanol–water partition coefficient (Wildman–Crippen LogP) is 3.18. The second kappa shape index (κ2) is 9.26. The van der Waals surface area contributed by atoms with E-state index in [1.165, 1.54) is 18.2 Å². The van der Waals surface area contributed by atoms with E-state index in [2.05, 4.69) is 4.72 Å². The molecule has 0 unspecified atom stereocenters. The van der Waals surface area contributed by atoms with Crippen molar-refractivity contribution in [2.75, 3.05) is 31.1 Å². The molecule has 0 radical (unpaired) electrons. The minimum absolute atomic E-state index is 0.0362. The first-order valence-corrected chi connectivity index (χ1v) is 9.55. The van der Waals surface area contributed by atoms with E-state index in [4.69, 9.17) is 37.8 Å². The third-order valence-electron chi connectivity index (χ3n) is 3.02. The largest absolute Gasteiger partial charge is 0.491 e. The molecule has 0 aliphatic heterocycles. The van der Waals surface area contributed by atoms with E-state index in [1.54, 1.807) is 24.3 Å². The lowest BCUT2D eigenvalue weighted by Crippen LogP contribution is -2.13. The van der Waals surface area contributed by atoms with Gasteiger partial charge in [0.25, 0.3) is 10.0 Å². The number of ether oxygens (including phenoxy) is 2. The Labute approximate surface area is 156 Å². The molecule has 0 amide bonds. The molecule has 0 fully saturated rings. The molecule has 0 saturated carbocycles. The van der Waals surface area contributed by atoms with Crippen molar-refractivity contribution in [2.24, 2.45) is 0 Å². The molecule has 136 valence electrons. The van der Waals surface area contributed by atoms with E-state index in [-0.39, 0.29) is 28.2 Å². The van der Waals surface area contributed by atoms with Crippen molar-refractivity contribution in [3.63, 3.8) is 0 Å². The molecule has 0 heterocycles. The van der Waals surface area contributed by atoms with Gasteiger partial charge in [0.1, 0.15) is 17.3 Å². The zero-order valence-corrected chi connectivity index (χ0v) is 15.4. The van der Waals surface area contributed by atoms with Crippen LogP contribution in [0.5, 0.6) is 5.75 Å². The van der Waals surface area contributed by atoms with Crippen LogP contribution >= 0.6 is 23.2 Å². The minimum Gasteiger partial charge on any atom is -0.491 e. The SMILES string of the molecule is O=S(=O)(Nc1ccc(OCCOCCO)cc1)c1cc(Cl)ccc1Cl. The van der Waals surface area contributed by atoms with Crippen molar-refractivity contribution in [1.82, 2.24) is 0 Å². The highest BCUT2D eigenvalue weighted by Gasteiger charge is 2.18. The molecule has 0 atom stereocenters. The number of aliphatic hydroxyl groups is 1. The predicted molar refractivity (Wildman–Crippen MR) is 97.1 cm³/mol. The summed E-state index contributed by atoms with van der Waals surface area (Å²) >= 11 is 11.8. The molecule has 0 saturated heterocycles. The Morgan fingerprint density at radius 2 is 1.72 bits per heavy atom. The highest BCUT2D eigenvalue weighted by atomic mass is 35.5. The third-order valence-corrected chi connectivity index (χ3v) is 5.12. The Morgan fingerprint density at radius 3 is 2.40 bits per heavy atom. The van der Waals surface area contributed by atoms with Crippen LogP contribution in [0.2, 0.25) is 10.0 Å². The summed E-state index contributed by atoms with van der Waals surface area (Å²) in [5.74, 6) is 0.566. The first kappa shape index (κ1) is 19.8. The lowest BCUT2D eigenvalue weighted by molar-refractivity contribution is 0.0705. The summed E-state index contributed by atoms with van der Waals surface area (Å²) in [6.07, 6.45) is 0. The molecule has 9 heteroatoms. The lowest BCUT2D eigenvalue weighted by atomic mass is 10.3. The second-order valence-corrected chi connectivity index (χ2v) is 7.38. The molecular weight excluding hydrogens is 389 g/mol. The van der Waals surface area contributed by atoms with Crippen LogP contribution in [0.25, 0.3) is 0 Å². The minimum atomic E-state index is -3.86. The quantitative estimate of drug-likeness (QED) is 0.625. The highest BCUT2D eigenvalue weighted by Crippen LogP contribution is 2.27. The van der Waals surface area contributed by atoms with E-state index in [0.717, 1.165) is 0 Å². The maximum Gasteiger partial charge on any atom is 0.263 e. The van der Waals surface area contributed by atoms with E-state index in [0.29, 0.717) is 24.7 Å². The molecular formula is C16H17Cl2NO5S. The number of anilines is 1. The summed E-state index contributed by atoms with van der Waals surface area (Å²) in [7, 11) is -3.86. The van der Waals surface area contributed by atoms with Crippen LogP contribution in [0, 0.1) is 0 Å². The second-order valence-electron chi connectivity index (χ2n) is 4.89. The monoisotopic (exact) mass is 405 g/mol. The van der Waals surface area contributed by atoms with Crippen molar-refractivity contribution in [3.05, 3.63) is 52.5 Å². The number of sulfonamides is 1. The molecule has 2 aromatic rings. The van der Waals surface area contributed by atoms with E-state index in [1.807, 2.05) is 0 Å². The van der Waals surface area contributed by atoms with Gasteiger partial charge in [-0.05, 0) is 42.5 Å². The Hall–Kier alpha value is -1.51. The van der Waals surface area contributed by atoms with Crippen LogP contribution in [-0.4, -0.2) is 40.0 Å². The summed E-state index contributed by atoms with van der Waals surface area (Å²) in [5.41, 5.74) is 0.361. The van der Waals surface area contributed by atoms with E-state index >= 15 is 0 Å². The van der Waals surface area contributed by atoms with Crippen LogP contribution in [0.3, 0.4) is 0 Å². The van der Waals surface area contributed by atoms with Gasteiger partial charge in [-0.3, -0.25) is 4.72 Å². The van der Waals surface area contributed by atoms with Gasteiger partial charge in [0, 0.05) is 10.7 Å². The Kier molecular flexibility index (Phi) is 7.34. The van der Waals surface area contributed by atoms with Crippen molar-refractivity contribution in [2.45, 2.75) is 4.90 Å². The molecule has 2 aromatic carbocycles. The molecule has 2 N–H and O–H groups in total. The zero-order chi connectivity index (χ0) is 18.3. The fraction of sp³-hybridized carbons (Fsp3) is 0.250. The Balaban J connectivity index is 1.99. The molecule has 25 heavy (non-hydrogen) atoms. The molecule has 0 aromatic heterocycles. The Morgan fingerprint density at radius 1 is 1.00 bits per heavy atom. The van der Waals surface area contributed by atoms with Crippen LogP contribution < -0.4 is 9.46 Å². The number of nitrogens with one attached hydrogen (secondary N) is 1. The topological polar surface area (TPSA) is 84.9 Å². The fourth-order valence-corrected chi connectivity index (χ4v) is 3.72. The molecule has 0 spiro atoms. The first-order valence-electron chi connectivity index (χ1n) is 7.32. The van der Waals surface area contributed by atoms with Gasteiger partial charge < -0.3 is 14.6 Å². The average molecular weight is 406 g/mol. The van der Waals surface area contributed by atoms with Gasteiger partial charge in [-0.15, -0.1) is 0 Å². The molecule has 0 bridgehead atoms. The van der Waals surface area contributed by atoms with Gasteiger partial charge in [-0.25, -0.2) is 8.42 Å². The molecule has 0 aliphatic carbocycles. The zero-order valence-electron chi connectivity index (χ0n) is 13.1. The van der Waals surface area contributed by atoms with Gasteiger partial charge in [0.2, 0.25) is 0 Å². The van der Waals surface area contributed by atoms with Crippen molar-refractivity contribution >= 4 is 38.9 Å².